The molecule has 1 fully saturated rings. The minimum Gasteiger partial charge on any atom is -0.316 e. The number of imidazole rings is 1. The molecule has 96 valence electrons. The van der Waals surface area contributed by atoms with Gasteiger partial charge < -0.3 is 9.47 Å². The van der Waals surface area contributed by atoms with Crippen LogP contribution in [0.5, 0.6) is 0 Å². The van der Waals surface area contributed by atoms with E-state index in [0.29, 0.717) is 5.92 Å². The molecule has 0 bridgehead atoms. The van der Waals surface area contributed by atoms with Crippen molar-refractivity contribution in [3.05, 3.63) is 24.2 Å². The number of nitrogens with zero attached hydrogens (tertiary/aromatic N) is 4. The first-order valence-electron chi connectivity index (χ1n) is 6.79. The molecule has 1 atom stereocenters. The summed E-state index contributed by atoms with van der Waals surface area (Å²) >= 11 is 0. The molecule has 3 heterocycles. The number of hydrogen-bond donors (Lipinski definition) is 0. The molecular formula is C14H20N4. The van der Waals surface area contributed by atoms with E-state index < -0.39 is 0 Å². The summed E-state index contributed by atoms with van der Waals surface area (Å²) < 4.78 is 2.17. The van der Waals surface area contributed by atoms with Gasteiger partial charge in [0.2, 0.25) is 0 Å². The number of aromatic nitrogens is 3. The van der Waals surface area contributed by atoms with Gasteiger partial charge in [0.05, 0.1) is 0 Å². The third kappa shape index (κ3) is 1.90. The van der Waals surface area contributed by atoms with E-state index in [1.54, 1.807) is 0 Å². The monoisotopic (exact) mass is 244 g/mol. The highest BCUT2D eigenvalue weighted by molar-refractivity contribution is 5.71. The molecule has 4 heteroatoms. The minimum atomic E-state index is 0.554. The maximum atomic E-state index is 4.78. The van der Waals surface area contributed by atoms with Gasteiger partial charge in [-0.3, -0.25) is 0 Å². The average Bonchev–Trinajstić information content (AvgIpc) is 2.77. The minimum absolute atomic E-state index is 0.554. The summed E-state index contributed by atoms with van der Waals surface area (Å²) in [5.74, 6) is 1.75. The number of likely N-dealkylation sites (N-methyl/N-ethyl adjacent to an activating group) is 1. The van der Waals surface area contributed by atoms with E-state index in [2.05, 4.69) is 28.4 Å². The molecule has 0 aromatic carbocycles. The second kappa shape index (κ2) is 4.69. The van der Waals surface area contributed by atoms with Gasteiger partial charge in [-0.15, -0.1) is 0 Å². The van der Waals surface area contributed by atoms with Crippen molar-refractivity contribution in [2.45, 2.75) is 25.7 Å². The molecule has 0 saturated carbocycles. The van der Waals surface area contributed by atoms with Crippen molar-refractivity contribution >= 4 is 11.2 Å². The Balaban J connectivity index is 1.96. The van der Waals surface area contributed by atoms with Crippen LogP contribution in [-0.4, -0.2) is 39.1 Å². The van der Waals surface area contributed by atoms with E-state index in [4.69, 9.17) is 4.98 Å². The molecule has 4 nitrogen and oxygen atoms in total. The van der Waals surface area contributed by atoms with Gasteiger partial charge in [0.25, 0.3) is 0 Å². The van der Waals surface area contributed by atoms with Crippen molar-refractivity contribution in [3.63, 3.8) is 0 Å². The van der Waals surface area contributed by atoms with E-state index in [1.165, 1.54) is 25.2 Å². The lowest BCUT2D eigenvalue weighted by Crippen LogP contribution is -2.34. The predicted octanol–water partition coefficient (Wildman–Crippen LogP) is 2.17. The van der Waals surface area contributed by atoms with Gasteiger partial charge in [-0.25, -0.2) is 9.97 Å². The number of aryl methyl sites for hydroxylation is 1. The van der Waals surface area contributed by atoms with E-state index in [-0.39, 0.29) is 0 Å². The molecule has 0 radical (unpaired) electrons. The normalized spacial score (nSPS) is 21.6. The van der Waals surface area contributed by atoms with Crippen molar-refractivity contribution in [3.8, 4) is 0 Å². The molecule has 3 rings (SSSR count). The van der Waals surface area contributed by atoms with Crippen LogP contribution in [0.3, 0.4) is 0 Å². The van der Waals surface area contributed by atoms with Crippen molar-refractivity contribution in [1.29, 1.82) is 0 Å². The van der Waals surface area contributed by atoms with E-state index in [0.717, 1.165) is 24.3 Å². The van der Waals surface area contributed by atoms with Crippen molar-refractivity contribution in [1.82, 2.24) is 19.4 Å². The molecule has 0 amide bonds. The van der Waals surface area contributed by atoms with Crippen LogP contribution in [0, 0.1) is 0 Å². The lowest BCUT2D eigenvalue weighted by Gasteiger charge is -2.31. The molecule has 1 unspecified atom stereocenters. The standard InChI is InChI=1S/C14H20N4/c1-3-18-9-5-6-11(10-18)13-16-12-7-4-8-15-14(12)17(13)2/h4,7-8,11H,3,5-6,9-10H2,1-2H3. The zero-order valence-electron chi connectivity index (χ0n) is 11.1. The Kier molecular flexibility index (Phi) is 3.04. The fraction of sp³-hybridized carbons (Fsp3) is 0.571. The number of pyridine rings is 1. The summed E-state index contributed by atoms with van der Waals surface area (Å²) in [6.45, 7) is 5.74. The molecule has 2 aromatic heterocycles. The topological polar surface area (TPSA) is 34.0 Å². The van der Waals surface area contributed by atoms with Crippen LogP contribution in [0.15, 0.2) is 18.3 Å². The quantitative estimate of drug-likeness (QED) is 0.812. The summed E-state index contributed by atoms with van der Waals surface area (Å²) in [6, 6.07) is 4.00. The van der Waals surface area contributed by atoms with Crippen LogP contribution >= 0.6 is 0 Å². The Hall–Kier alpha value is -1.42. The third-order valence-corrected chi connectivity index (χ3v) is 3.98. The van der Waals surface area contributed by atoms with Gasteiger partial charge in [0.1, 0.15) is 11.3 Å². The molecule has 1 aliphatic rings. The lowest BCUT2D eigenvalue weighted by molar-refractivity contribution is 0.212. The fourth-order valence-electron chi connectivity index (χ4n) is 2.96. The van der Waals surface area contributed by atoms with Crippen LogP contribution < -0.4 is 0 Å². The molecule has 2 aromatic rings. The van der Waals surface area contributed by atoms with Crippen LogP contribution in [0.1, 0.15) is 31.5 Å². The number of likely N-dealkylation sites (tertiary alicyclic amines) is 1. The second-order valence-electron chi connectivity index (χ2n) is 5.11. The molecule has 1 saturated heterocycles. The SMILES string of the molecule is CCN1CCCC(c2nc3cccnc3n2C)C1. The molecule has 1 aliphatic heterocycles. The number of hydrogen-bond acceptors (Lipinski definition) is 3. The third-order valence-electron chi connectivity index (χ3n) is 3.98. The first kappa shape index (κ1) is 11.7. The highest BCUT2D eigenvalue weighted by atomic mass is 15.2. The Morgan fingerprint density at radius 1 is 1.44 bits per heavy atom. The number of rotatable bonds is 2. The zero-order chi connectivity index (χ0) is 12.5. The molecule has 0 N–H and O–H groups in total. The second-order valence-corrected chi connectivity index (χ2v) is 5.11. The van der Waals surface area contributed by atoms with E-state index in [9.17, 15) is 0 Å². The smallest absolute Gasteiger partial charge is 0.159 e. The van der Waals surface area contributed by atoms with Crippen molar-refractivity contribution in [2.75, 3.05) is 19.6 Å². The van der Waals surface area contributed by atoms with Gasteiger partial charge in [0, 0.05) is 25.7 Å². The zero-order valence-corrected chi connectivity index (χ0v) is 11.1. The van der Waals surface area contributed by atoms with Gasteiger partial charge in [-0.05, 0) is 38.1 Å². The number of piperidine rings is 1. The van der Waals surface area contributed by atoms with Gasteiger partial charge in [-0.1, -0.05) is 6.92 Å². The Morgan fingerprint density at radius 3 is 3.11 bits per heavy atom. The summed E-state index contributed by atoms with van der Waals surface area (Å²) in [5.41, 5.74) is 2.02. The lowest BCUT2D eigenvalue weighted by atomic mass is 9.97. The van der Waals surface area contributed by atoms with Crippen LogP contribution in [0.2, 0.25) is 0 Å². The van der Waals surface area contributed by atoms with Crippen molar-refractivity contribution < 1.29 is 0 Å². The van der Waals surface area contributed by atoms with E-state index in [1.807, 2.05) is 18.3 Å². The first-order chi connectivity index (χ1) is 8.79. The molecule has 0 aliphatic carbocycles. The Bertz CT molecular complexity index is 546. The predicted molar refractivity (Wildman–Crippen MR) is 72.6 cm³/mol. The number of fused-ring (bicyclic) bond motifs is 1. The highest BCUT2D eigenvalue weighted by Gasteiger charge is 2.24. The van der Waals surface area contributed by atoms with Crippen LogP contribution in [0.4, 0.5) is 0 Å². The summed E-state index contributed by atoms with van der Waals surface area (Å²) in [5, 5.41) is 0. The first-order valence-corrected chi connectivity index (χ1v) is 6.79. The molecule has 18 heavy (non-hydrogen) atoms. The maximum Gasteiger partial charge on any atom is 0.159 e. The molecule has 0 spiro atoms. The van der Waals surface area contributed by atoms with Crippen LogP contribution in [-0.2, 0) is 7.05 Å². The van der Waals surface area contributed by atoms with E-state index >= 15 is 0 Å². The van der Waals surface area contributed by atoms with Gasteiger partial charge in [0.15, 0.2) is 5.65 Å². The summed E-state index contributed by atoms with van der Waals surface area (Å²) in [7, 11) is 2.09. The fourth-order valence-corrected chi connectivity index (χ4v) is 2.96. The largest absolute Gasteiger partial charge is 0.316 e. The highest BCUT2D eigenvalue weighted by Crippen LogP contribution is 2.27. The van der Waals surface area contributed by atoms with Gasteiger partial charge in [-0.2, -0.15) is 0 Å². The average molecular weight is 244 g/mol. The van der Waals surface area contributed by atoms with Crippen LogP contribution in [0.25, 0.3) is 11.2 Å². The summed E-state index contributed by atoms with van der Waals surface area (Å²) in [4.78, 5) is 11.7. The van der Waals surface area contributed by atoms with Gasteiger partial charge >= 0.3 is 0 Å². The Labute approximate surface area is 108 Å². The Morgan fingerprint density at radius 2 is 2.33 bits per heavy atom. The molecular weight excluding hydrogens is 224 g/mol. The summed E-state index contributed by atoms with van der Waals surface area (Å²) in [6.07, 6.45) is 4.36. The van der Waals surface area contributed by atoms with Crippen molar-refractivity contribution in [2.24, 2.45) is 7.05 Å². The maximum absolute atomic E-state index is 4.78.